The van der Waals surface area contributed by atoms with E-state index in [0.717, 1.165) is 16.1 Å². The average molecular weight is 350 g/mol. The molecule has 1 heterocycles. The summed E-state index contributed by atoms with van der Waals surface area (Å²) in [7, 11) is 0. The van der Waals surface area contributed by atoms with E-state index in [1.54, 1.807) is 0 Å². The van der Waals surface area contributed by atoms with Gasteiger partial charge in [0.05, 0.1) is 10.9 Å². The minimum atomic E-state index is -0.864. The molecule has 4 nitrogen and oxygen atoms in total. The van der Waals surface area contributed by atoms with Crippen molar-refractivity contribution in [3.8, 4) is 0 Å². The van der Waals surface area contributed by atoms with Crippen LogP contribution < -0.4 is 5.32 Å². The molecule has 0 aromatic heterocycles. The SMILES string of the molecule is CC(=O)OC1C(=O)Nc2ccccc2SC1c1ccccc1.Cl. The number of carbonyl (C=O) groups is 2. The highest BCUT2D eigenvalue weighted by atomic mass is 35.5. The number of hydrogen-bond donors (Lipinski definition) is 1. The van der Waals surface area contributed by atoms with E-state index in [9.17, 15) is 9.59 Å². The normalized spacial score (nSPS) is 19.6. The highest BCUT2D eigenvalue weighted by molar-refractivity contribution is 7.99. The Morgan fingerprint density at radius 1 is 1.09 bits per heavy atom. The van der Waals surface area contributed by atoms with Gasteiger partial charge in [0.15, 0.2) is 6.10 Å². The van der Waals surface area contributed by atoms with Gasteiger partial charge in [-0.25, -0.2) is 0 Å². The molecule has 0 fully saturated rings. The number of para-hydroxylation sites is 1. The number of nitrogens with one attached hydrogen (secondary N) is 1. The molecule has 1 aliphatic rings. The zero-order valence-corrected chi connectivity index (χ0v) is 14.0. The molecule has 0 saturated carbocycles. The Hall–Kier alpha value is -1.98. The molecule has 0 aliphatic carbocycles. The summed E-state index contributed by atoms with van der Waals surface area (Å²) in [4.78, 5) is 24.9. The predicted molar refractivity (Wildman–Crippen MR) is 92.9 cm³/mol. The first-order chi connectivity index (χ1) is 10.6. The summed E-state index contributed by atoms with van der Waals surface area (Å²) in [6.07, 6.45) is -0.864. The first-order valence-electron chi connectivity index (χ1n) is 6.94. The van der Waals surface area contributed by atoms with E-state index in [1.165, 1.54) is 18.7 Å². The maximum absolute atomic E-state index is 12.5. The van der Waals surface area contributed by atoms with E-state index in [1.807, 2.05) is 54.6 Å². The number of benzene rings is 2. The minimum Gasteiger partial charge on any atom is -0.451 e. The minimum absolute atomic E-state index is 0. The standard InChI is InChI=1S/C17H15NO3S.ClH/c1-11(19)21-15-16(12-7-3-2-4-8-12)22-14-10-6-5-9-13(14)18-17(15)20;/h2-10,15-16H,1H3,(H,18,20);1H. The van der Waals surface area contributed by atoms with Crippen molar-refractivity contribution in [2.24, 2.45) is 0 Å². The van der Waals surface area contributed by atoms with Gasteiger partial charge in [0.2, 0.25) is 0 Å². The van der Waals surface area contributed by atoms with Crippen molar-refractivity contribution in [1.29, 1.82) is 0 Å². The first kappa shape index (κ1) is 17.4. The number of anilines is 1. The maximum Gasteiger partial charge on any atom is 0.303 e. The van der Waals surface area contributed by atoms with Gasteiger partial charge in [-0.2, -0.15) is 0 Å². The summed E-state index contributed by atoms with van der Waals surface area (Å²) in [5.74, 6) is -0.769. The molecule has 120 valence electrons. The van der Waals surface area contributed by atoms with Crippen LogP contribution in [0.2, 0.25) is 0 Å². The largest absolute Gasteiger partial charge is 0.451 e. The molecule has 2 atom stereocenters. The molecule has 23 heavy (non-hydrogen) atoms. The van der Waals surface area contributed by atoms with Gasteiger partial charge in [-0.1, -0.05) is 42.5 Å². The molecule has 0 bridgehead atoms. The maximum atomic E-state index is 12.5. The summed E-state index contributed by atoms with van der Waals surface area (Å²) >= 11 is 1.52. The molecular weight excluding hydrogens is 334 g/mol. The van der Waals surface area contributed by atoms with Crippen LogP contribution in [0.3, 0.4) is 0 Å². The highest BCUT2D eigenvalue weighted by Crippen LogP contribution is 2.44. The van der Waals surface area contributed by atoms with Crippen molar-refractivity contribution in [3.63, 3.8) is 0 Å². The molecule has 6 heteroatoms. The quantitative estimate of drug-likeness (QED) is 0.837. The lowest BCUT2D eigenvalue weighted by atomic mass is 10.1. The van der Waals surface area contributed by atoms with Crippen molar-refractivity contribution in [2.75, 3.05) is 5.32 Å². The monoisotopic (exact) mass is 349 g/mol. The van der Waals surface area contributed by atoms with Gasteiger partial charge in [0.25, 0.3) is 5.91 Å². The molecule has 3 rings (SSSR count). The molecule has 1 aliphatic heterocycles. The van der Waals surface area contributed by atoms with Gasteiger partial charge in [-0.15, -0.1) is 24.2 Å². The van der Waals surface area contributed by atoms with Crippen molar-refractivity contribution in [3.05, 3.63) is 60.2 Å². The van der Waals surface area contributed by atoms with Crippen LogP contribution in [-0.4, -0.2) is 18.0 Å². The van der Waals surface area contributed by atoms with Gasteiger partial charge < -0.3 is 10.1 Å². The van der Waals surface area contributed by atoms with Crippen LogP contribution in [0.1, 0.15) is 17.7 Å². The second kappa shape index (κ2) is 7.53. The summed E-state index contributed by atoms with van der Waals surface area (Å²) in [6.45, 7) is 1.32. The van der Waals surface area contributed by atoms with Gasteiger partial charge >= 0.3 is 5.97 Å². The number of halogens is 1. The summed E-state index contributed by atoms with van der Waals surface area (Å²) in [5, 5.41) is 2.56. The van der Waals surface area contributed by atoms with Crippen LogP contribution in [0.15, 0.2) is 59.5 Å². The van der Waals surface area contributed by atoms with E-state index >= 15 is 0 Å². The fraction of sp³-hybridized carbons (Fsp3) is 0.176. The Bertz CT molecular complexity index is 708. The topological polar surface area (TPSA) is 55.4 Å². The Balaban J connectivity index is 0.00000192. The van der Waals surface area contributed by atoms with Gasteiger partial charge in [0.1, 0.15) is 0 Å². The number of hydrogen-bond acceptors (Lipinski definition) is 4. The van der Waals surface area contributed by atoms with Gasteiger partial charge in [-0.3, -0.25) is 9.59 Å². The molecule has 1 N–H and O–H groups in total. The van der Waals surface area contributed by atoms with E-state index in [0.29, 0.717) is 0 Å². The third kappa shape index (κ3) is 3.86. The zero-order valence-electron chi connectivity index (χ0n) is 12.4. The van der Waals surface area contributed by atoms with Crippen LogP contribution in [-0.2, 0) is 14.3 Å². The van der Waals surface area contributed by atoms with E-state index in [-0.39, 0.29) is 23.6 Å². The summed E-state index contributed by atoms with van der Waals surface area (Å²) < 4.78 is 5.31. The smallest absolute Gasteiger partial charge is 0.303 e. The predicted octanol–water partition coefficient (Wildman–Crippen LogP) is 3.83. The van der Waals surface area contributed by atoms with Crippen LogP contribution in [0, 0.1) is 0 Å². The molecule has 2 aromatic carbocycles. The lowest BCUT2D eigenvalue weighted by Crippen LogP contribution is -2.34. The second-order valence-corrected chi connectivity index (χ2v) is 6.15. The Morgan fingerprint density at radius 3 is 2.43 bits per heavy atom. The lowest BCUT2D eigenvalue weighted by Gasteiger charge is -2.22. The number of thioether (sulfide) groups is 1. The Kier molecular flexibility index (Phi) is 5.69. The van der Waals surface area contributed by atoms with E-state index < -0.39 is 12.1 Å². The summed E-state index contributed by atoms with van der Waals surface area (Å²) in [6, 6.07) is 17.2. The zero-order chi connectivity index (χ0) is 15.5. The van der Waals surface area contributed by atoms with Crippen molar-refractivity contribution >= 4 is 41.7 Å². The van der Waals surface area contributed by atoms with Crippen molar-refractivity contribution in [2.45, 2.75) is 23.2 Å². The van der Waals surface area contributed by atoms with E-state index in [4.69, 9.17) is 4.74 Å². The number of amides is 1. The van der Waals surface area contributed by atoms with Crippen LogP contribution in [0.25, 0.3) is 0 Å². The second-order valence-electron chi connectivity index (χ2n) is 4.96. The molecule has 0 radical (unpaired) electrons. The highest BCUT2D eigenvalue weighted by Gasteiger charge is 2.36. The third-order valence-electron chi connectivity index (χ3n) is 3.35. The number of ether oxygens (including phenoxy) is 1. The summed E-state index contributed by atoms with van der Waals surface area (Å²) in [5.41, 5.74) is 1.69. The Labute approximate surface area is 145 Å². The molecule has 2 aromatic rings. The molecule has 2 unspecified atom stereocenters. The van der Waals surface area contributed by atoms with Crippen LogP contribution in [0.4, 0.5) is 5.69 Å². The molecular formula is C17H16ClNO3S. The van der Waals surface area contributed by atoms with Crippen LogP contribution in [0.5, 0.6) is 0 Å². The number of esters is 1. The van der Waals surface area contributed by atoms with Crippen molar-refractivity contribution < 1.29 is 14.3 Å². The average Bonchev–Trinajstić information content (AvgIpc) is 2.65. The first-order valence-corrected chi connectivity index (χ1v) is 7.82. The lowest BCUT2D eigenvalue weighted by molar-refractivity contribution is -0.152. The fourth-order valence-corrected chi connectivity index (χ4v) is 3.66. The van der Waals surface area contributed by atoms with Crippen molar-refractivity contribution in [1.82, 2.24) is 0 Å². The molecule has 0 saturated heterocycles. The third-order valence-corrected chi connectivity index (χ3v) is 4.74. The fourth-order valence-electron chi connectivity index (χ4n) is 2.39. The Morgan fingerprint density at radius 2 is 1.74 bits per heavy atom. The molecule has 1 amide bonds. The molecule has 0 spiro atoms. The number of carbonyl (C=O) groups excluding carboxylic acids is 2. The number of rotatable bonds is 2. The van der Waals surface area contributed by atoms with Crippen LogP contribution >= 0.6 is 24.2 Å². The van der Waals surface area contributed by atoms with E-state index in [2.05, 4.69) is 5.32 Å². The van der Waals surface area contributed by atoms with Gasteiger partial charge in [0, 0.05) is 11.8 Å². The number of fused-ring (bicyclic) bond motifs is 1. The van der Waals surface area contributed by atoms with Gasteiger partial charge in [-0.05, 0) is 17.7 Å².